The summed E-state index contributed by atoms with van der Waals surface area (Å²) in [4.78, 5) is 29.5. The summed E-state index contributed by atoms with van der Waals surface area (Å²) < 4.78 is 17.9. The van der Waals surface area contributed by atoms with Gasteiger partial charge in [0.1, 0.15) is 17.3 Å². The summed E-state index contributed by atoms with van der Waals surface area (Å²) in [5.74, 6) is 2.40. The SMILES string of the molecule is CCOc1cc(C(C)(C)C)ncc1C1=N[C@@](C)(C2C=CC(Cl)=CC2)[C@@](C)(c2ccc(Cl)cc2)N1C(=O)N1CCC(CCC[S+](C)[O-])CC1. The summed E-state index contributed by atoms with van der Waals surface area (Å²) in [6.07, 6.45) is 14.2. The Bertz CT molecular complexity index is 1560. The van der Waals surface area contributed by atoms with E-state index in [1.807, 2.05) is 65.4 Å². The van der Waals surface area contributed by atoms with E-state index in [9.17, 15) is 4.55 Å². The number of rotatable bonds is 9. The second-order valence-electron chi connectivity index (χ2n) is 14.7. The average Bonchev–Trinajstić information content (AvgIpc) is 3.29. The van der Waals surface area contributed by atoms with Crippen molar-refractivity contribution in [2.45, 2.75) is 90.1 Å². The lowest BCUT2D eigenvalue weighted by atomic mass is 9.66. The van der Waals surface area contributed by atoms with E-state index in [4.69, 9.17) is 37.9 Å². The van der Waals surface area contributed by atoms with Crippen molar-refractivity contribution in [1.29, 1.82) is 0 Å². The number of ether oxygens (including phenoxy) is 1. The molecule has 7 nitrogen and oxygen atoms in total. The number of hydrogen-bond donors (Lipinski definition) is 0. The number of allylic oxidation sites excluding steroid dienone is 3. The number of amides is 2. The Morgan fingerprint density at radius 1 is 1.15 bits per heavy atom. The number of halogens is 2. The fourth-order valence-electron chi connectivity index (χ4n) is 7.35. The quantitative estimate of drug-likeness (QED) is 0.243. The van der Waals surface area contributed by atoms with Gasteiger partial charge in [-0.1, -0.05) is 79.4 Å². The van der Waals surface area contributed by atoms with E-state index < -0.39 is 22.3 Å². The van der Waals surface area contributed by atoms with Gasteiger partial charge in [-0.2, -0.15) is 0 Å². The van der Waals surface area contributed by atoms with E-state index in [0.29, 0.717) is 59.2 Å². The molecule has 1 aromatic carbocycles. The second-order valence-corrected chi connectivity index (χ2v) is 17.1. The average molecular weight is 714 g/mol. The standard InChI is InChI=1S/C38H50Cl2N4O3S/c1-8-47-32-24-33(36(2,3)4)41-25-31(32)34-42-37(5,27-11-15-29(39)16-12-27)38(6,28-13-17-30(40)18-14-28)44(34)35(45)43-21-19-26(20-22-43)10-9-23-48(7)46/h11,13-18,24-27H,8-10,12,19-23H2,1-7H3/t27?,37-,38+,48?/m0/s1. The zero-order chi connectivity index (χ0) is 34.9. The second kappa shape index (κ2) is 14.8. The summed E-state index contributed by atoms with van der Waals surface area (Å²) in [6.45, 7) is 14.4. The molecule has 1 saturated heterocycles. The van der Waals surface area contributed by atoms with Gasteiger partial charge in [0.15, 0.2) is 0 Å². The van der Waals surface area contributed by atoms with E-state index in [1.165, 1.54) is 0 Å². The van der Waals surface area contributed by atoms with Crippen molar-refractivity contribution in [3.63, 3.8) is 0 Å². The van der Waals surface area contributed by atoms with Crippen LogP contribution in [0.3, 0.4) is 0 Å². The first-order valence-electron chi connectivity index (χ1n) is 17.1. The maximum Gasteiger partial charge on any atom is 0.326 e. The summed E-state index contributed by atoms with van der Waals surface area (Å²) >= 11 is 12.1. The fourth-order valence-corrected chi connectivity index (χ4v) is 8.21. The smallest absolute Gasteiger partial charge is 0.326 e. The molecule has 0 spiro atoms. The van der Waals surface area contributed by atoms with Crippen LogP contribution in [0.4, 0.5) is 4.79 Å². The van der Waals surface area contributed by atoms with Crippen LogP contribution in [0.25, 0.3) is 0 Å². The number of amidine groups is 1. The van der Waals surface area contributed by atoms with E-state index in [0.717, 1.165) is 42.7 Å². The van der Waals surface area contributed by atoms with Crippen LogP contribution in [0.5, 0.6) is 5.75 Å². The topological polar surface area (TPSA) is 81.1 Å². The maximum atomic E-state index is 15.2. The predicted molar refractivity (Wildman–Crippen MR) is 199 cm³/mol. The molecule has 1 fully saturated rings. The van der Waals surface area contributed by atoms with Crippen molar-refractivity contribution in [1.82, 2.24) is 14.8 Å². The molecule has 3 aliphatic rings. The highest BCUT2D eigenvalue weighted by molar-refractivity contribution is 7.90. The molecular weight excluding hydrogens is 663 g/mol. The van der Waals surface area contributed by atoms with Gasteiger partial charge in [0.2, 0.25) is 0 Å². The molecule has 48 heavy (non-hydrogen) atoms. The third-order valence-electron chi connectivity index (χ3n) is 10.5. The van der Waals surface area contributed by atoms with Crippen LogP contribution in [0.2, 0.25) is 5.02 Å². The van der Waals surface area contributed by atoms with Crippen LogP contribution in [0.1, 0.15) is 90.5 Å². The molecule has 4 atom stereocenters. The molecule has 2 unspecified atom stereocenters. The number of carbonyl (C=O) groups is 1. The van der Waals surface area contributed by atoms with Crippen LogP contribution in [-0.2, 0) is 22.1 Å². The van der Waals surface area contributed by atoms with Gasteiger partial charge in [-0.3, -0.25) is 14.9 Å². The number of likely N-dealkylation sites (tertiary alicyclic amines) is 1. The number of urea groups is 1. The molecule has 3 heterocycles. The van der Waals surface area contributed by atoms with Crippen molar-refractivity contribution in [3.05, 3.63) is 81.6 Å². The lowest BCUT2D eigenvalue weighted by Gasteiger charge is -2.49. The minimum absolute atomic E-state index is 0.0549. The Morgan fingerprint density at radius 2 is 1.83 bits per heavy atom. The first-order valence-corrected chi connectivity index (χ1v) is 19.6. The zero-order valence-corrected chi connectivity index (χ0v) is 31.7. The molecule has 10 heteroatoms. The molecule has 260 valence electrons. The van der Waals surface area contributed by atoms with E-state index in [1.54, 1.807) is 6.26 Å². The van der Waals surface area contributed by atoms with E-state index >= 15 is 4.79 Å². The van der Waals surface area contributed by atoms with E-state index in [2.05, 4.69) is 40.7 Å². The van der Waals surface area contributed by atoms with Crippen molar-refractivity contribution in [2.75, 3.05) is 31.7 Å². The predicted octanol–water partition coefficient (Wildman–Crippen LogP) is 8.86. The first kappa shape index (κ1) is 36.8. The summed E-state index contributed by atoms with van der Waals surface area (Å²) in [6, 6.07) is 9.72. The van der Waals surface area contributed by atoms with Gasteiger partial charge in [0.25, 0.3) is 0 Å². The monoisotopic (exact) mass is 712 g/mol. The summed E-state index contributed by atoms with van der Waals surface area (Å²) in [5.41, 5.74) is 0.631. The lowest BCUT2D eigenvalue weighted by Crippen LogP contribution is -2.61. The fraction of sp³-hybridized carbons (Fsp3) is 0.553. The number of pyridine rings is 1. The van der Waals surface area contributed by atoms with Crippen LogP contribution in [-0.4, -0.2) is 68.4 Å². The molecule has 2 aliphatic heterocycles. The van der Waals surface area contributed by atoms with Crippen LogP contribution in [0.15, 0.2) is 64.8 Å². The Hall–Kier alpha value is -2.52. The lowest BCUT2D eigenvalue weighted by molar-refractivity contribution is 0.0818. The maximum absolute atomic E-state index is 15.2. The van der Waals surface area contributed by atoms with Gasteiger partial charge in [0.05, 0.1) is 29.5 Å². The van der Waals surface area contributed by atoms with Crippen molar-refractivity contribution < 1.29 is 14.1 Å². The van der Waals surface area contributed by atoms with Crippen LogP contribution in [0, 0.1) is 11.8 Å². The van der Waals surface area contributed by atoms with Gasteiger partial charge >= 0.3 is 6.03 Å². The minimum Gasteiger partial charge on any atom is -0.617 e. The Morgan fingerprint density at radius 3 is 2.42 bits per heavy atom. The molecule has 2 aromatic rings. The third kappa shape index (κ3) is 7.33. The molecular formula is C38H50Cl2N4O3S. The van der Waals surface area contributed by atoms with Gasteiger partial charge < -0.3 is 14.2 Å². The highest BCUT2D eigenvalue weighted by atomic mass is 35.5. The number of carbonyl (C=O) groups excluding carboxylic acids is 1. The highest BCUT2D eigenvalue weighted by Gasteiger charge is 2.62. The number of aromatic nitrogens is 1. The van der Waals surface area contributed by atoms with Gasteiger partial charge in [0, 0.05) is 52.4 Å². The summed E-state index contributed by atoms with van der Waals surface area (Å²) in [7, 11) is 0. The van der Waals surface area contributed by atoms with Crippen LogP contribution < -0.4 is 4.74 Å². The molecule has 1 aliphatic carbocycles. The number of aliphatic imine (C=N–C) groups is 1. The molecule has 2 amide bonds. The largest absolute Gasteiger partial charge is 0.617 e. The third-order valence-corrected chi connectivity index (χ3v) is 11.9. The molecule has 0 N–H and O–H groups in total. The normalized spacial score (nSPS) is 25.6. The van der Waals surface area contributed by atoms with Gasteiger partial charge in [-0.05, 0) is 82.6 Å². The Labute approximate surface area is 300 Å². The van der Waals surface area contributed by atoms with Crippen molar-refractivity contribution in [2.24, 2.45) is 16.8 Å². The minimum atomic E-state index is -0.912. The van der Waals surface area contributed by atoms with Crippen molar-refractivity contribution >= 4 is 46.2 Å². The molecule has 1 aromatic heterocycles. The number of piperidine rings is 1. The highest BCUT2D eigenvalue weighted by Crippen LogP contribution is 2.54. The zero-order valence-electron chi connectivity index (χ0n) is 29.4. The molecule has 0 saturated carbocycles. The molecule has 5 rings (SSSR count). The van der Waals surface area contributed by atoms with E-state index in [-0.39, 0.29) is 17.4 Å². The van der Waals surface area contributed by atoms with Gasteiger partial charge in [-0.25, -0.2) is 4.79 Å². The molecule has 0 radical (unpaired) electrons. The summed E-state index contributed by atoms with van der Waals surface area (Å²) in [5, 5.41) is 1.33. The number of nitrogens with zero attached hydrogens (tertiary/aromatic N) is 4. The Balaban J connectivity index is 1.64. The number of hydrogen-bond acceptors (Lipinski definition) is 5. The van der Waals surface area contributed by atoms with Gasteiger partial charge in [-0.15, -0.1) is 0 Å². The Kier molecular flexibility index (Phi) is 11.3. The first-order chi connectivity index (χ1) is 22.7. The van der Waals surface area contributed by atoms with Crippen molar-refractivity contribution in [3.8, 4) is 5.75 Å². The molecule has 0 bridgehead atoms. The number of benzene rings is 1. The van der Waals surface area contributed by atoms with Crippen LogP contribution >= 0.6 is 23.2 Å².